The van der Waals surface area contributed by atoms with Gasteiger partial charge in [-0.3, -0.25) is 5.41 Å². The van der Waals surface area contributed by atoms with Crippen molar-refractivity contribution in [2.75, 3.05) is 14.2 Å². The van der Waals surface area contributed by atoms with Gasteiger partial charge in [0.2, 0.25) is 5.90 Å². The van der Waals surface area contributed by atoms with Crippen LogP contribution in [0.4, 0.5) is 0 Å². The molecule has 0 spiro atoms. The lowest BCUT2D eigenvalue weighted by Gasteiger charge is -2.05. The Labute approximate surface area is 95.6 Å². The Morgan fingerprint density at radius 3 is 2.20 bits per heavy atom. The molecule has 0 atom stereocenters. The zero-order chi connectivity index (χ0) is 10.4. The van der Waals surface area contributed by atoms with E-state index in [4.69, 9.17) is 14.9 Å². The van der Waals surface area contributed by atoms with E-state index in [1.54, 1.807) is 6.08 Å². The first-order valence-electron chi connectivity index (χ1n) is 4.21. The molecule has 0 aliphatic carbocycles. The Balaban J connectivity index is 0.00000196. The summed E-state index contributed by atoms with van der Waals surface area (Å²) >= 11 is 0. The van der Waals surface area contributed by atoms with Gasteiger partial charge >= 0.3 is 0 Å². The van der Waals surface area contributed by atoms with Crippen molar-refractivity contribution >= 4 is 24.4 Å². The summed E-state index contributed by atoms with van der Waals surface area (Å²) in [5.74, 6) is 0.440. The highest BCUT2D eigenvalue weighted by Gasteiger charge is 2.04. The molecule has 0 heterocycles. The Hall–Kier alpha value is -1.48. The lowest BCUT2D eigenvalue weighted by Crippen LogP contribution is -2.05. The van der Waals surface area contributed by atoms with Gasteiger partial charge in [0, 0.05) is 0 Å². The van der Waals surface area contributed by atoms with Crippen LogP contribution in [0.3, 0.4) is 0 Å². The minimum Gasteiger partial charge on any atom is -0.491 e. The molecule has 0 fully saturated rings. The van der Waals surface area contributed by atoms with E-state index >= 15 is 0 Å². The highest BCUT2D eigenvalue weighted by molar-refractivity contribution is 5.93. The quantitative estimate of drug-likeness (QED) is 0.490. The van der Waals surface area contributed by atoms with Gasteiger partial charge in [-0.15, -0.1) is 12.4 Å². The van der Waals surface area contributed by atoms with Crippen molar-refractivity contribution < 1.29 is 9.47 Å². The fraction of sp³-hybridized carbons (Fsp3) is 0.182. The van der Waals surface area contributed by atoms with Crippen LogP contribution in [0.1, 0.15) is 5.56 Å². The Kier molecular flexibility index (Phi) is 6.22. The first kappa shape index (κ1) is 13.5. The van der Waals surface area contributed by atoms with Gasteiger partial charge in [0.05, 0.1) is 14.2 Å². The summed E-state index contributed by atoms with van der Waals surface area (Å²) in [6.07, 6.45) is 1.76. The summed E-state index contributed by atoms with van der Waals surface area (Å²) < 4.78 is 9.78. The van der Waals surface area contributed by atoms with Crippen LogP contribution in [-0.2, 0) is 9.47 Å². The van der Waals surface area contributed by atoms with Gasteiger partial charge in [-0.05, 0) is 11.6 Å². The normalized spacial score (nSPS) is 10.1. The lowest BCUT2D eigenvalue weighted by atomic mass is 10.2. The van der Waals surface area contributed by atoms with Gasteiger partial charge in [-0.25, -0.2) is 0 Å². The van der Waals surface area contributed by atoms with E-state index in [1.807, 2.05) is 30.3 Å². The van der Waals surface area contributed by atoms with E-state index < -0.39 is 0 Å². The lowest BCUT2D eigenvalue weighted by molar-refractivity contribution is 0.287. The number of ether oxygens (including phenoxy) is 2. The molecule has 0 saturated carbocycles. The molecule has 15 heavy (non-hydrogen) atoms. The predicted octanol–water partition coefficient (Wildman–Crippen LogP) is 2.72. The molecule has 1 aromatic carbocycles. The second kappa shape index (κ2) is 6.90. The molecule has 4 heteroatoms. The smallest absolute Gasteiger partial charge is 0.249 e. The van der Waals surface area contributed by atoms with Crippen molar-refractivity contribution in [2.45, 2.75) is 0 Å². The molecule has 1 N–H and O–H groups in total. The summed E-state index contributed by atoms with van der Waals surface area (Å²) in [7, 11) is 2.96. The van der Waals surface area contributed by atoms with E-state index in [9.17, 15) is 0 Å². The average molecular weight is 228 g/mol. The summed E-state index contributed by atoms with van der Waals surface area (Å²) in [4.78, 5) is 0. The third kappa shape index (κ3) is 4.04. The van der Waals surface area contributed by atoms with Crippen molar-refractivity contribution in [1.82, 2.24) is 0 Å². The SMILES string of the molecule is COC(=N)C(=Cc1ccccc1)OC.Cl. The van der Waals surface area contributed by atoms with E-state index in [2.05, 4.69) is 0 Å². The first-order chi connectivity index (χ1) is 6.77. The molecule has 0 bridgehead atoms. The molecule has 0 radical (unpaired) electrons. The summed E-state index contributed by atoms with van der Waals surface area (Å²) in [6, 6.07) is 9.65. The van der Waals surface area contributed by atoms with E-state index in [-0.39, 0.29) is 18.3 Å². The van der Waals surface area contributed by atoms with Gasteiger partial charge in [0.25, 0.3) is 0 Å². The molecule has 82 valence electrons. The molecule has 1 aromatic rings. The van der Waals surface area contributed by atoms with Crippen LogP contribution in [0.5, 0.6) is 0 Å². The van der Waals surface area contributed by atoms with E-state index in [0.29, 0.717) is 5.76 Å². The number of halogens is 1. The van der Waals surface area contributed by atoms with Crippen LogP contribution in [0.2, 0.25) is 0 Å². The Bertz CT molecular complexity index is 336. The van der Waals surface area contributed by atoms with Gasteiger partial charge < -0.3 is 9.47 Å². The molecule has 0 saturated heterocycles. The average Bonchev–Trinajstić information content (AvgIpc) is 2.26. The van der Waals surface area contributed by atoms with Crippen LogP contribution in [0, 0.1) is 5.41 Å². The maximum absolute atomic E-state index is 7.43. The van der Waals surface area contributed by atoms with Crippen LogP contribution in [0.15, 0.2) is 36.1 Å². The Morgan fingerprint density at radius 2 is 1.73 bits per heavy atom. The number of hydrogen-bond acceptors (Lipinski definition) is 3. The molecule has 0 amide bonds. The second-order valence-electron chi connectivity index (χ2n) is 2.66. The Morgan fingerprint density at radius 1 is 1.13 bits per heavy atom. The summed E-state index contributed by atoms with van der Waals surface area (Å²) in [5, 5.41) is 7.43. The van der Waals surface area contributed by atoms with E-state index in [0.717, 1.165) is 5.56 Å². The van der Waals surface area contributed by atoms with Crippen molar-refractivity contribution in [3.8, 4) is 0 Å². The van der Waals surface area contributed by atoms with Crippen molar-refractivity contribution in [1.29, 1.82) is 5.41 Å². The minimum atomic E-state index is 0. The molecule has 0 aromatic heterocycles. The number of nitrogens with one attached hydrogen (secondary N) is 1. The first-order valence-corrected chi connectivity index (χ1v) is 4.21. The molecule has 0 unspecified atom stereocenters. The highest BCUT2D eigenvalue weighted by atomic mass is 35.5. The molecular weight excluding hydrogens is 214 g/mol. The second-order valence-corrected chi connectivity index (χ2v) is 2.66. The standard InChI is InChI=1S/C11H13NO2.ClH/c1-13-10(11(12)14-2)8-9-6-4-3-5-7-9;/h3-8,12H,1-2H3;1H. The van der Waals surface area contributed by atoms with Crippen molar-refractivity contribution in [3.63, 3.8) is 0 Å². The zero-order valence-electron chi connectivity index (χ0n) is 8.69. The van der Waals surface area contributed by atoms with E-state index in [1.165, 1.54) is 14.2 Å². The maximum Gasteiger partial charge on any atom is 0.249 e. The van der Waals surface area contributed by atoms with Crippen molar-refractivity contribution in [2.24, 2.45) is 0 Å². The minimum absolute atomic E-state index is 0. The highest BCUT2D eigenvalue weighted by Crippen LogP contribution is 2.08. The monoisotopic (exact) mass is 227 g/mol. The van der Waals surface area contributed by atoms with Gasteiger partial charge in [0.1, 0.15) is 0 Å². The van der Waals surface area contributed by atoms with Crippen molar-refractivity contribution in [3.05, 3.63) is 41.7 Å². The maximum atomic E-state index is 7.43. The number of hydrogen-bond donors (Lipinski definition) is 1. The third-order valence-corrected chi connectivity index (χ3v) is 1.75. The number of rotatable bonds is 3. The topological polar surface area (TPSA) is 42.3 Å². The molecule has 0 aliphatic heterocycles. The molecule has 1 rings (SSSR count). The zero-order valence-corrected chi connectivity index (χ0v) is 9.51. The summed E-state index contributed by atoms with van der Waals surface area (Å²) in [6.45, 7) is 0. The molecule has 0 aliphatic rings. The summed E-state index contributed by atoms with van der Waals surface area (Å²) in [5.41, 5.74) is 0.978. The fourth-order valence-electron chi connectivity index (χ4n) is 1.02. The molecular formula is C11H14ClNO2. The van der Waals surface area contributed by atoms with Crippen LogP contribution >= 0.6 is 12.4 Å². The largest absolute Gasteiger partial charge is 0.491 e. The van der Waals surface area contributed by atoms with Crippen LogP contribution in [0.25, 0.3) is 6.08 Å². The predicted molar refractivity (Wildman–Crippen MR) is 63.4 cm³/mol. The van der Waals surface area contributed by atoms with Crippen LogP contribution in [-0.4, -0.2) is 20.1 Å². The number of benzene rings is 1. The van der Waals surface area contributed by atoms with Crippen LogP contribution < -0.4 is 0 Å². The van der Waals surface area contributed by atoms with Gasteiger partial charge in [-0.2, -0.15) is 0 Å². The molecule has 3 nitrogen and oxygen atoms in total. The third-order valence-electron chi connectivity index (χ3n) is 1.75. The van der Waals surface area contributed by atoms with Gasteiger partial charge in [0.15, 0.2) is 5.76 Å². The van der Waals surface area contributed by atoms with Gasteiger partial charge in [-0.1, -0.05) is 30.3 Å². The number of methoxy groups -OCH3 is 2. The fourth-order valence-corrected chi connectivity index (χ4v) is 1.02.